The second kappa shape index (κ2) is 10.1. The molecular formula is C24H30N4O5S. The summed E-state index contributed by atoms with van der Waals surface area (Å²) in [6.45, 7) is 4.01. The van der Waals surface area contributed by atoms with Gasteiger partial charge in [0.05, 0.1) is 9.82 Å². The standard InChI is InChI=1S/C24H30N4O5S/c1-17-11-14-27(15-12-17)24(29)22(9-8-18-4-2-5-19(16-18)28(30)31)26-34(32,33)23-7-3-6-21-20(23)10-13-25-21/h2-7,16-17,22,25-26H,8-15H2,1H3. The summed E-state index contributed by atoms with van der Waals surface area (Å²) in [7, 11) is -3.95. The first-order chi connectivity index (χ1) is 16.2. The number of hydrogen-bond acceptors (Lipinski definition) is 6. The summed E-state index contributed by atoms with van der Waals surface area (Å²) >= 11 is 0. The smallest absolute Gasteiger partial charge is 0.269 e. The molecule has 9 nitrogen and oxygen atoms in total. The monoisotopic (exact) mass is 486 g/mol. The number of hydrogen-bond donors (Lipinski definition) is 2. The summed E-state index contributed by atoms with van der Waals surface area (Å²) in [5, 5.41) is 14.3. The molecule has 2 aliphatic heterocycles. The lowest BCUT2D eigenvalue weighted by Gasteiger charge is -2.33. The number of nitro groups is 1. The number of carbonyl (C=O) groups excluding carboxylic acids is 1. The van der Waals surface area contributed by atoms with Gasteiger partial charge in [0.1, 0.15) is 6.04 Å². The Labute approximate surface area is 199 Å². The maximum Gasteiger partial charge on any atom is 0.269 e. The average Bonchev–Trinajstić information content (AvgIpc) is 3.31. The number of nitro benzene ring substituents is 1. The Morgan fingerprint density at radius 3 is 2.71 bits per heavy atom. The van der Waals surface area contributed by atoms with E-state index in [-0.39, 0.29) is 22.9 Å². The van der Waals surface area contributed by atoms with Crippen molar-refractivity contribution in [2.75, 3.05) is 25.0 Å². The van der Waals surface area contributed by atoms with Gasteiger partial charge in [-0.25, -0.2) is 8.42 Å². The van der Waals surface area contributed by atoms with Crippen LogP contribution in [0.2, 0.25) is 0 Å². The van der Waals surface area contributed by atoms with Crippen molar-refractivity contribution in [3.63, 3.8) is 0 Å². The molecule has 0 radical (unpaired) electrons. The Morgan fingerprint density at radius 1 is 1.24 bits per heavy atom. The predicted molar refractivity (Wildman–Crippen MR) is 129 cm³/mol. The zero-order chi connectivity index (χ0) is 24.3. The predicted octanol–water partition coefficient (Wildman–Crippen LogP) is 3.10. The minimum atomic E-state index is -3.95. The van der Waals surface area contributed by atoms with Crippen molar-refractivity contribution in [1.29, 1.82) is 0 Å². The highest BCUT2D eigenvalue weighted by Gasteiger charge is 2.32. The Morgan fingerprint density at radius 2 is 1.97 bits per heavy atom. The highest BCUT2D eigenvalue weighted by molar-refractivity contribution is 7.89. The first-order valence-electron chi connectivity index (χ1n) is 11.6. The number of sulfonamides is 1. The molecule has 4 rings (SSSR count). The van der Waals surface area contributed by atoms with Gasteiger partial charge in [0.15, 0.2) is 0 Å². The van der Waals surface area contributed by atoms with Crippen molar-refractivity contribution >= 4 is 27.3 Å². The molecule has 1 amide bonds. The lowest BCUT2D eigenvalue weighted by molar-refractivity contribution is -0.384. The summed E-state index contributed by atoms with van der Waals surface area (Å²) in [5.74, 6) is 0.287. The van der Waals surface area contributed by atoms with Crippen molar-refractivity contribution in [1.82, 2.24) is 9.62 Å². The number of benzene rings is 2. The van der Waals surface area contributed by atoms with E-state index in [1.165, 1.54) is 12.1 Å². The van der Waals surface area contributed by atoms with Crippen LogP contribution < -0.4 is 10.0 Å². The van der Waals surface area contributed by atoms with E-state index >= 15 is 0 Å². The molecule has 2 aromatic rings. The molecule has 0 bridgehead atoms. The number of nitrogens with one attached hydrogen (secondary N) is 2. The first-order valence-corrected chi connectivity index (χ1v) is 13.1. The van der Waals surface area contributed by atoms with Gasteiger partial charge in [-0.2, -0.15) is 4.72 Å². The molecule has 0 aliphatic carbocycles. The van der Waals surface area contributed by atoms with Gasteiger partial charge in [-0.15, -0.1) is 0 Å². The lowest BCUT2D eigenvalue weighted by atomic mass is 9.98. The minimum Gasteiger partial charge on any atom is -0.384 e. The second-order valence-electron chi connectivity index (χ2n) is 9.11. The van der Waals surface area contributed by atoms with Gasteiger partial charge in [-0.1, -0.05) is 25.1 Å². The van der Waals surface area contributed by atoms with Crippen molar-refractivity contribution in [3.8, 4) is 0 Å². The SMILES string of the molecule is CC1CCN(C(=O)C(CCc2cccc([N+](=O)[O-])c2)NS(=O)(=O)c2cccc3c2CCN3)CC1. The summed E-state index contributed by atoms with van der Waals surface area (Å²) in [6.07, 6.45) is 2.91. The van der Waals surface area contributed by atoms with E-state index in [0.717, 1.165) is 24.1 Å². The number of piperidine rings is 1. The highest BCUT2D eigenvalue weighted by atomic mass is 32.2. The fraction of sp³-hybridized carbons (Fsp3) is 0.458. The number of likely N-dealkylation sites (tertiary alicyclic amines) is 1. The van der Waals surface area contributed by atoms with Crippen LogP contribution in [0.4, 0.5) is 11.4 Å². The van der Waals surface area contributed by atoms with Gasteiger partial charge in [0, 0.05) is 37.5 Å². The summed E-state index contributed by atoms with van der Waals surface area (Å²) in [6, 6.07) is 10.4. The second-order valence-corrected chi connectivity index (χ2v) is 10.8. The van der Waals surface area contributed by atoms with Crippen LogP contribution in [0.25, 0.3) is 0 Å². The molecule has 0 saturated carbocycles. The zero-order valence-electron chi connectivity index (χ0n) is 19.2. The number of non-ortho nitro benzene ring substituents is 1. The number of anilines is 1. The van der Waals surface area contributed by atoms with Crippen LogP contribution in [0.3, 0.4) is 0 Å². The van der Waals surface area contributed by atoms with Crippen LogP contribution in [0, 0.1) is 16.0 Å². The van der Waals surface area contributed by atoms with E-state index in [9.17, 15) is 23.3 Å². The molecule has 1 unspecified atom stereocenters. The molecule has 2 aromatic carbocycles. The van der Waals surface area contributed by atoms with E-state index < -0.39 is 21.0 Å². The third-order valence-corrected chi connectivity index (χ3v) is 8.20. The number of rotatable bonds is 8. The normalized spacial score (nSPS) is 17.1. The Hall–Kier alpha value is -2.98. The van der Waals surface area contributed by atoms with Crippen LogP contribution >= 0.6 is 0 Å². The van der Waals surface area contributed by atoms with Crippen molar-refractivity contribution in [2.45, 2.75) is 50.0 Å². The fourth-order valence-electron chi connectivity index (χ4n) is 4.63. The quantitative estimate of drug-likeness (QED) is 0.437. The maximum absolute atomic E-state index is 13.4. The topological polar surface area (TPSA) is 122 Å². The van der Waals surface area contributed by atoms with E-state index in [4.69, 9.17) is 0 Å². The summed E-state index contributed by atoms with van der Waals surface area (Å²) < 4.78 is 29.5. The van der Waals surface area contributed by atoms with E-state index in [2.05, 4.69) is 17.0 Å². The van der Waals surface area contributed by atoms with Crippen LogP contribution in [0.15, 0.2) is 47.4 Å². The first kappa shape index (κ1) is 24.2. The van der Waals surface area contributed by atoms with E-state index in [1.807, 2.05) is 6.07 Å². The van der Waals surface area contributed by atoms with Crippen molar-refractivity contribution < 1.29 is 18.1 Å². The zero-order valence-corrected chi connectivity index (χ0v) is 20.0. The Balaban J connectivity index is 1.57. The molecule has 2 N–H and O–H groups in total. The van der Waals surface area contributed by atoms with Crippen LogP contribution in [-0.2, 0) is 27.7 Å². The molecule has 1 atom stereocenters. The van der Waals surface area contributed by atoms with Gasteiger partial charge >= 0.3 is 0 Å². The molecule has 182 valence electrons. The van der Waals surface area contributed by atoms with Crippen LogP contribution in [0.5, 0.6) is 0 Å². The molecule has 10 heteroatoms. The van der Waals surface area contributed by atoms with Gasteiger partial charge in [0.2, 0.25) is 15.9 Å². The lowest BCUT2D eigenvalue weighted by Crippen LogP contribution is -2.50. The number of amides is 1. The Kier molecular flexibility index (Phi) is 7.18. The summed E-state index contributed by atoms with van der Waals surface area (Å²) in [4.78, 5) is 26.0. The van der Waals surface area contributed by atoms with Crippen molar-refractivity contribution in [2.24, 2.45) is 5.92 Å². The number of aryl methyl sites for hydroxylation is 1. The van der Waals surface area contributed by atoms with Crippen LogP contribution in [-0.4, -0.2) is 49.8 Å². The minimum absolute atomic E-state index is 0.0293. The molecule has 1 fully saturated rings. The molecule has 1 saturated heterocycles. The van der Waals surface area contributed by atoms with Crippen molar-refractivity contribution in [3.05, 3.63) is 63.7 Å². The third-order valence-electron chi connectivity index (χ3n) is 6.65. The molecular weight excluding hydrogens is 456 g/mol. The number of nitrogens with zero attached hydrogens (tertiary/aromatic N) is 2. The maximum atomic E-state index is 13.4. The molecule has 0 spiro atoms. The van der Waals surface area contributed by atoms with E-state index in [0.29, 0.717) is 44.0 Å². The number of carbonyl (C=O) groups is 1. The third kappa shape index (κ3) is 5.39. The van der Waals surface area contributed by atoms with Gasteiger partial charge in [0.25, 0.3) is 5.69 Å². The molecule has 2 aliphatic rings. The largest absolute Gasteiger partial charge is 0.384 e. The fourth-order valence-corrected chi connectivity index (χ4v) is 6.15. The molecule has 0 aromatic heterocycles. The average molecular weight is 487 g/mol. The van der Waals surface area contributed by atoms with Crippen LogP contribution in [0.1, 0.15) is 37.3 Å². The van der Waals surface area contributed by atoms with Gasteiger partial charge < -0.3 is 10.2 Å². The van der Waals surface area contributed by atoms with Gasteiger partial charge in [-0.3, -0.25) is 14.9 Å². The molecule has 2 heterocycles. The number of fused-ring (bicyclic) bond motifs is 1. The van der Waals surface area contributed by atoms with E-state index in [1.54, 1.807) is 29.2 Å². The summed E-state index contributed by atoms with van der Waals surface area (Å²) in [5.41, 5.74) is 2.18. The highest BCUT2D eigenvalue weighted by Crippen LogP contribution is 2.29. The Bertz CT molecular complexity index is 1180. The van der Waals surface area contributed by atoms with Gasteiger partial charge in [-0.05, 0) is 61.3 Å². The molecule has 34 heavy (non-hydrogen) atoms.